The Bertz CT molecular complexity index is 494. The Morgan fingerprint density at radius 2 is 1.84 bits per heavy atom. The first-order valence-corrected chi connectivity index (χ1v) is 6.14. The molecule has 1 aromatic rings. The number of hydrogen-bond acceptors (Lipinski definition) is 5. The van der Waals surface area contributed by atoms with Gasteiger partial charge in [0, 0.05) is 12.0 Å². The number of nitrogen functional groups attached to an aromatic ring is 1. The van der Waals surface area contributed by atoms with Crippen LogP contribution in [0.5, 0.6) is 0 Å². The van der Waals surface area contributed by atoms with Crippen molar-refractivity contribution in [2.75, 3.05) is 10.7 Å². The standard InChI is InChI=1S/C11H14F3N5/c12-11(13,14)10(3-4-10)18-7-5-8(19-15)17-9(16-7)6-1-2-6/h5-6H,1-4,15H2,(H2,16,17,18,19). The minimum Gasteiger partial charge on any atom is -0.356 e. The minimum absolute atomic E-state index is 0.0741. The van der Waals surface area contributed by atoms with Crippen molar-refractivity contribution < 1.29 is 13.2 Å². The molecule has 0 aromatic carbocycles. The van der Waals surface area contributed by atoms with Crippen molar-refractivity contribution in [3.8, 4) is 0 Å². The van der Waals surface area contributed by atoms with Gasteiger partial charge in [0.1, 0.15) is 23.0 Å². The van der Waals surface area contributed by atoms with Gasteiger partial charge < -0.3 is 10.7 Å². The van der Waals surface area contributed by atoms with Gasteiger partial charge in [0.05, 0.1) is 0 Å². The summed E-state index contributed by atoms with van der Waals surface area (Å²) < 4.78 is 38.7. The molecule has 104 valence electrons. The molecule has 1 aromatic heterocycles. The Kier molecular flexibility index (Phi) is 2.60. The number of hydrazine groups is 1. The number of anilines is 2. The Morgan fingerprint density at radius 3 is 2.32 bits per heavy atom. The molecule has 4 N–H and O–H groups in total. The first kappa shape index (κ1) is 12.5. The molecule has 2 aliphatic carbocycles. The number of nitrogens with one attached hydrogen (secondary N) is 2. The van der Waals surface area contributed by atoms with Gasteiger partial charge in [0.25, 0.3) is 0 Å². The maximum absolute atomic E-state index is 12.9. The zero-order valence-electron chi connectivity index (χ0n) is 10.1. The van der Waals surface area contributed by atoms with E-state index in [1.54, 1.807) is 0 Å². The van der Waals surface area contributed by atoms with Gasteiger partial charge in [-0.2, -0.15) is 13.2 Å². The summed E-state index contributed by atoms with van der Waals surface area (Å²) in [5.74, 6) is 6.59. The van der Waals surface area contributed by atoms with Crippen molar-refractivity contribution in [1.82, 2.24) is 9.97 Å². The normalized spacial score (nSPS) is 21.1. The van der Waals surface area contributed by atoms with Gasteiger partial charge in [0.15, 0.2) is 0 Å². The SMILES string of the molecule is NNc1cc(NC2(C(F)(F)F)CC2)nc(C2CC2)n1. The predicted octanol–water partition coefficient (Wildman–Crippen LogP) is 2.15. The summed E-state index contributed by atoms with van der Waals surface area (Å²) in [4.78, 5) is 8.32. The van der Waals surface area contributed by atoms with Crippen LogP contribution < -0.4 is 16.6 Å². The summed E-state index contributed by atoms with van der Waals surface area (Å²) in [5.41, 5.74) is 0.538. The van der Waals surface area contributed by atoms with Gasteiger partial charge in [-0.05, 0) is 25.7 Å². The molecule has 0 saturated heterocycles. The van der Waals surface area contributed by atoms with Crippen LogP contribution in [0.1, 0.15) is 37.4 Å². The Balaban J connectivity index is 1.86. The van der Waals surface area contributed by atoms with E-state index in [0.29, 0.717) is 11.6 Å². The van der Waals surface area contributed by atoms with Crippen LogP contribution >= 0.6 is 0 Å². The lowest BCUT2D eigenvalue weighted by Crippen LogP contribution is -2.39. The molecule has 19 heavy (non-hydrogen) atoms. The van der Waals surface area contributed by atoms with Crippen LogP contribution in [0.2, 0.25) is 0 Å². The quantitative estimate of drug-likeness (QED) is 0.579. The average Bonchev–Trinajstić information content (AvgIpc) is 3.20. The first-order chi connectivity index (χ1) is 8.93. The Morgan fingerprint density at radius 1 is 1.21 bits per heavy atom. The lowest BCUT2D eigenvalue weighted by Gasteiger charge is -2.21. The summed E-state index contributed by atoms with van der Waals surface area (Å²) in [7, 11) is 0. The summed E-state index contributed by atoms with van der Waals surface area (Å²) >= 11 is 0. The van der Waals surface area contributed by atoms with E-state index in [2.05, 4.69) is 20.7 Å². The Hall–Kier alpha value is -1.57. The van der Waals surface area contributed by atoms with Crippen molar-refractivity contribution in [2.24, 2.45) is 5.84 Å². The van der Waals surface area contributed by atoms with Crippen LogP contribution in [0.25, 0.3) is 0 Å². The molecule has 0 unspecified atom stereocenters. The number of alkyl halides is 3. The van der Waals surface area contributed by atoms with Crippen molar-refractivity contribution in [1.29, 1.82) is 0 Å². The van der Waals surface area contributed by atoms with Crippen molar-refractivity contribution in [3.05, 3.63) is 11.9 Å². The van der Waals surface area contributed by atoms with Crippen LogP contribution in [0.4, 0.5) is 24.8 Å². The fraction of sp³-hybridized carbons (Fsp3) is 0.636. The van der Waals surface area contributed by atoms with Crippen LogP contribution in [0.3, 0.4) is 0 Å². The number of hydrogen-bond donors (Lipinski definition) is 3. The van der Waals surface area contributed by atoms with Gasteiger partial charge >= 0.3 is 6.18 Å². The third kappa shape index (κ3) is 2.32. The molecule has 5 nitrogen and oxygen atoms in total. The second-order valence-electron chi connectivity index (χ2n) is 5.12. The molecule has 0 spiro atoms. The average molecular weight is 273 g/mol. The van der Waals surface area contributed by atoms with E-state index in [1.165, 1.54) is 6.07 Å². The van der Waals surface area contributed by atoms with Crippen LogP contribution in [-0.2, 0) is 0 Å². The number of aromatic nitrogens is 2. The van der Waals surface area contributed by atoms with E-state index < -0.39 is 11.7 Å². The molecule has 0 atom stereocenters. The van der Waals surface area contributed by atoms with Gasteiger partial charge in [-0.15, -0.1) is 0 Å². The van der Waals surface area contributed by atoms with Crippen LogP contribution in [-0.4, -0.2) is 21.7 Å². The molecule has 1 heterocycles. The second-order valence-corrected chi connectivity index (χ2v) is 5.12. The zero-order valence-corrected chi connectivity index (χ0v) is 10.1. The third-order valence-electron chi connectivity index (χ3n) is 3.49. The smallest absolute Gasteiger partial charge is 0.356 e. The highest BCUT2D eigenvalue weighted by Gasteiger charge is 2.63. The van der Waals surface area contributed by atoms with Gasteiger partial charge in [-0.1, -0.05) is 0 Å². The molecule has 0 bridgehead atoms. The van der Waals surface area contributed by atoms with E-state index in [4.69, 9.17) is 5.84 Å². The highest BCUT2D eigenvalue weighted by atomic mass is 19.4. The van der Waals surface area contributed by atoms with Gasteiger partial charge in [0.2, 0.25) is 0 Å². The molecule has 2 saturated carbocycles. The number of nitrogens with zero attached hydrogens (tertiary/aromatic N) is 2. The summed E-state index contributed by atoms with van der Waals surface area (Å²) in [6, 6.07) is 1.40. The lowest BCUT2D eigenvalue weighted by atomic mass is 10.2. The van der Waals surface area contributed by atoms with E-state index in [-0.39, 0.29) is 24.6 Å². The van der Waals surface area contributed by atoms with E-state index in [1.807, 2.05) is 0 Å². The van der Waals surface area contributed by atoms with Crippen molar-refractivity contribution in [3.63, 3.8) is 0 Å². The highest BCUT2D eigenvalue weighted by molar-refractivity contribution is 5.50. The number of halogens is 3. The summed E-state index contributed by atoms with van der Waals surface area (Å²) in [5, 5.41) is 2.50. The second kappa shape index (κ2) is 3.96. The van der Waals surface area contributed by atoms with Crippen molar-refractivity contribution in [2.45, 2.75) is 43.3 Å². The molecule has 2 fully saturated rings. The highest BCUT2D eigenvalue weighted by Crippen LogP contribution is 2.51. The minimum atomic E-state index is -4.27. The summed E-state index contributed by atoms with van der Waals surface area (Å²) in [6.07, 6.45) is -2.18. The Labute approximate surface area is 107 Å². The molecule has 0 aliphatic heterocycles. The van der Waals surface area contributed by atoms with Crippen LogP contribution in [0.15, 0.2) is 6.07 Å². The molecular formula is C11H14F3N5. The number of nitrogens with two attached hydrogens (primary N) is 1. The molecular weight excluding hydrogens is 259 g/mol. The topological polar surface area (TPSA) is 75.9 Å². The van der Waals surface area contributed by atoms with Gasteiger partial charge in [-0.3, -0.25) is 0 Å². The van der Waals surface area contributed by atoms with E-state index in [9.17, 15) is 13.2 Å². The summed E-state index contributed by atoms with van der Waals surface area (Å²) in [6.45, 7) is 0. The largest absolute Gasteiger partial charge is 0.411 e. The molecule has 2 aliphatic rings. The van der Waals surface area contributed by atoms with Crippen molar-refractivity contribution >= 4 is 11.6 Å². The number of rotatable bonds is 4. The predicted molar refractivity (Wildman–Crippen MR) is 63.5 cm³/mol. The maximum atomic E-state index is 12.9. The fourth-order valence-corrected chi connectivity index (χ4v) is 1.98. The third-order valence-corrected chi connectivity index (χ3v) is 3.49. The van der Waals surface area contributed by atoms with Gasteiger partial charge in [-0.25, -0.2) is 15.8 Å². The fourth-order valence-electron chi connectivity index (χ4n) is 1.98. The monoisotopic (exact) mass is 273 g/mol. The zero-order chi connectivity index (χ0) is 13.7. The molecule has 3 rings (SSSR count). The lowest BCUT2D eigenvalue weighted by molar-refractivity contribution is -0.151. The maximum Gasteiger partial charge on any atom is 0.411 e. The molecule has 0 amide bonds. The van der Waals surface area contributed by atoms with E-state index >= 15 is 0 Å². The first-order valence-electron chi connectivity index (χ1n) is 6.14. The molecule has 8 heteroatoms. The molecule has 0 radical (unpaired) electrons. The van der Waals surface area contributed by atoms with Crippen LogP contribution in [0, 0.1) is 0 Å². The van der Waals surface area contributed by atoms with E-state index in [0.717, 1.165) is 12.8 Å².